The van der Waals surface area contributed by atoms with Gasteiger partial charge in [-0.2, -0.15) is 0 Å². The summed E-state index contributed by atoms with van der Waals surface area (Å²) in [4.78, 5) is 18.8. The van der Waals surface area contributed by atoms with Crippen molar-refractivity contribution in [2.45, 2.75) is 0 Å². The zero-order valence-electron chi connectivity index (χ0n) is 6.79. The standard InChI is InChI=1S/2CH4N2OS.2K/c2*2-3-1(4)5;;/h2*2H2,(H2,3,4,5);;/q;;2*+1/p-2. The van der Waals surface area contributed by atoms with Crippen LogP contribution in [0.1, 0.15) is 0 Å². The van der Waals surface area contributed by atoms with Gasteiger partial charge in [-0.05, 0) is 0 Å². The maximum absolute atomic E-state index is 9.39. The van der Waals surface area contributed by atoms with Gasteiger partial charge in [-0.25, -0.2) is 11.7 Å². The molecule has 0 atom stereocenters. The average molecular weight is 260 g/mol. The van der Waals surface area contributed by atoms with Crippen LogP contribution in [0, 0.1) is 0 Å². The van der Waals surface area contributed by atoms with Gasteiger partial charge < -0.3 is 45.7 Å². The summed E-state index contributed by atoms with van der Waals surface area (Å²) in [5.74, 6) is 8.94. The number of hydrogen-bond acceptors (Lipinski definition) is 6. The largest absolute Gasteiger partial charge is 1.00 e. The van der Waals surface area contributed by atoms with Gasteiger partial charge in [0.15, 0.2) is 0 Å². The number of hydrazine groups is 2. The Bertz CT molecular complexity index is 112. The summed E-state index contributed by atoms with van der Waals surface area (Å²) in [6.07, 6.45) is 0. The van der Waals surface area contributed by atoms with E-state index in [0.29, 0.717) is 0 Å². The molecule has 0 aromatic carbocycles. The second-order valence-electron chi connectivity index (χ2n) is 0.864. The molecule has 0 bridgehead atoms. The van der Waals surface area contributed by atoms with E-state index in [4.69, 9.17) is 0 Å². The first kappa shape index (κ1) is 24.0. The summed E-state index contributed by atoms with van der Waals surface area (Å²) in [7, 11) is 0. The Kier molecular flexibility index (Phi) is 38.4. The Balaban J connectivity index is -0.0000000457. The molecule has 0 aliphatic heterocycles. The smallest absolute Gasteiger partial charge is 0.718 e. The third kappa shape index (κ3) is 39.0. The number of rotatable bonds is 0. The molecule has 0 aromatic rings. The van der Waals surface area contributed by atoms with E-state index in [1.54, 1.807) is 10.9 Å². The molecule has 0 rings (SSSR count). The van der Waals surface area contributed by atoms with E-state index in [-0.39, 0.29) is 103 Å². The van der Waals surface area contributed by atoms with Crippen molar-refractivity contribution in [1.29, 1.82) is 0 Å². The molecule has 0 fully saturated rings. The number of amides is 2. The number of carbonyl (C=O) groups excluding carboxylic acids is 2. The van der Waals surface area contributed by atoms with Crippen LogP contribution in [0.25, 0.3) is 0 Å². The van der Waals surface area contributed by atoms with Crippen LogP contribution in [-0.4, -0.2) is 10.5 Å². The normalized spacial score (nSPS) is 5.50. The third-order valence-corrected chi connectivity index (χ3v) is 0.471. The van der Waals surface area contributed by atoms with Crippen LogP contribution in [0.5, 0.6) is 0 Å². The van der Waals surface area contributed by atoms with Gasteiger partial charge in [-0.1, -0.05) is 0 Å². The van der Waals surface area contributed by atoms with E-state index in [1.807, 2.05) is 0 Å². The molecular formula is C2H6K2N4O2S2. The van der Waals surface area contributed by atoms with Gasteiger partial charge in [0.1, 0.15) is 10.5 Å². The quantitative estimate of drug-likeness (QED) is 0.113. The van der Waals surface area contributed by atoms with E-state index in [0.717, 1.165) is 0 Å². The molecule has 60 valence electrons. The Morgan fingerprint density at radius 1 is 0.917 bits per heavy atom. The fourth-order valence-corrected chi connectivity index (χ4v) is 0. The van der Waals surface area contributed by atoms with Crippen molar-refractivity contribution >= 4 is 35.7 Å². The van der Waals surface area contributed by atoms with E-state index in [1.165, 1.54) is 0 Å². The van der Waals surface area contributed by atoms with E-state index < -0.39 is 10.5 Å². The molecule has 0 radical (unpaired) electrons. The molecule has 0 saturated heterocycles. The van der Waals surface area contributed by atoms with Crippen LogP contribution in [0.3, 0.4) is 0 Å². The predicted octanol–water partition coefficient (Wildman–Crippen LogP) is -7.76. The Labute approximate surface area is 166 Å². The van der Waals surface area contributed by atoms with Gasteiger partial charge in [0.2, 0.25) is 0 Å². The molecule has 10 heteroatoms. The molecule has 0 aromatic heterocycles. The maximum atomic E-state index is 9.39. The van der Waals surface area contributed by atoms with Crippen molar-refractivity contribution in [1.82, 2.24) is 10.9 Å². The van der Waals surface area contributed by atoms with Crippen molar-refractivity contribution in [2.75, 3.05) is 0 Å². The summed E-state index contributed by atoms with van der Waals surface area (Å²) in [6.45, 7) is 0. The molecule has 0 heterocycles. The van der Waals surface area contributed by atoms with Gasteiger partial charge in [0.25, 0.3) is 0 Å². The Hall–Kier alpha value is 2.57. The Morgan fingerprint density at radius 3 is 1.00 bits per heavy atom. The number of hydrogen-bond donors (Lipinski definition) is 4. The first-order chi connectivity index (χ1) is 4.54. The summed E-state index contributed by atoms with van der Waals surface area (Å²) >= 11 is 7.81. The average Bonchev–Trinajstić information content (AvgIpc) is 1.89. The molecule has 2 amide bonds. The van der Waals surface area contributed by atoms with Crippen LogP contribution in [-0.2, 0) is 25.3 Å². The second-order valence-corrected chi connectivity index (χ2v) is 1.61. The minimum atomic E-state index is -0.634. The third-order valence-electron chi connectivity index (χ3n) is 0.236. The maximum Gasteiger partial charge on any atom is 1.00 e. The molecular weight excluding hydrogens is 254 g/mol. The van der Waals surface area contributed by atoms with Crippen molar-refractivity contribution in [3.63, 3.8) is 0 Å². The van der Waals surface area contributed by atoms with Crippen molar-refractivity contribution < 1.29 is 112 Å². The van der Waals surface area contributed by atoms with Crippen LogP contribution in [0.15, 0.2) is 0 Å². The van der Waals surface area contributed by atoms with E-state index in [2.05, 4.69) is 36.9 Å². The first-order valence-corrected chi connectivity index (χ1v) is 2.71. The minimum Gasteiger partial charge on any atom is -0.718 e. The summed E-state index contributed by atoms with van der Waals surface area (Å²) < 4.78 is 0. The van der Waals surface area contributed by atoms with Crippen LogP contribution in [0.4, 0.5) is 9.59 Å². The predicted molar refractivity (Wildman–Crippen MR) is 40.2 cm³/mol. The van der Waals surface area contributed by atoms with Crippen LogP contribution in [0.2, 0.25) is 0 Å². The van der Waals surface area contributed by atoms with Gasteiger partial charge in [0.05, 0.1) is 0 Å². The molecule has 12 heavy (non-hydrogen) atoms. The van der Waals surface area contributed by atoms with Gasteiger partial charge in [-0.15, -0.1) is 0 Å². The number of nitrogens with one attached hydrogen (secondary N) is 2. The van der Waals surface area contributed by atoms with Crippen molar-refractivity contribution in [2.24, 2.45) is 11.7 Å². The van der Waals surface area contributed by atoms with E-state index >= 15 is 0 Å². The minimum absolute atomic E-state index is 0. The fraction of sp³-hybridized carbons (Fsp3) is 0. The van der Waals surface area contributed by atoms with Gasteiger partial charge in [-0.3, -0.25) is 0 Å². The number of nitrogens with two attached hydrogens (primary N) is 2. The van der Waals surface area contributed by atoms with Crippen LogP contribution >= 0.6 is 0 Å². The fourth-order valence-electron chi connectivity index (χ4n) is 0. The molecule has 0 aliphatic rings. The summed E-state index contributed by atoms with van der Waals surface area (Å²) in [5.41, 5.74) is 3.41. The zero-order valence-corrected chi connectivity index (χ0v) is 14.7. The van der Waals surface area contributed by atoms with Gasteiger partial charge in [0, 0.05) is 0 Å². The van der Waals surface area contributed by atoms with Crippen molar-refractivity contribution in [3.05, 3.63) is 0 Å². The summed E-state index contributed by atoms with van der Waals surface area (Å²) in [5, 5.41) is -1.27. The summed E-state index contributed by atoms with van der Waals surface area (Å²) in [6, 6.07) is 0. The first-order valence-electron chi connectivity index (χ1n) is 1.89. The topological polar surface area (TPSA) is 110 Å². The monoisotopic (exact) mass is 260 g/mol. The molecule has 0 spiro atoms. The molecule has 0 saturated carbocycles. The SMILES string of the molecule is NNC(=O)[S-].NNC(=O)[S-].[K+].[K+]. The number of carbonyl (C=O) groups is 2. The van der Waals surface area contributed by atoms with Crippen molar-refractivity contribution in [3.8, 4) is 0 Å². The molecule has 6 nitrogen and oxygen atoms in total. The second kappa shape index (κ2) is 19.2. The molecule has 0 aliphatic carbocycles. The molecule has 0 unspecified atom stereocenters. The van der Waals surface area contributed by atoms with Crippen LogP contribution < -0.4 is 125 Å². The van der Waals surface area contributed by atoms with E-state index in [9.17, 15) is 9.59 Å². The Morgan fingerprint density at radius 2 is 1.00 bits per heavy atom. The zero-order chi connectivity index (χ0) is 8.57. The molecule has 6 N–H and O–H groups in total. The van der Waals surface area contributed by atoms with Gasteiger partial charge >= 0.3 is 103 Å².